The summed E-state index contributed by atoms with van der Waals surface area (Å²) in [5.74, 6) is -1.08. The largest absolute Gasteiger partial charge is 0.455 e. The lowest BCUT2D eigenvalue weighted by molar-refractivity contribution is -0.145. The van der Waals surface area contributed by atoms with Gasteiger partial charge in [-0.25, -0.2) is 4.79 Å². The Balaban J connectivity index is 1.66. The maximum Gasteiger partial charge on any atom is 0.330 e. The molecule has 1 aliphatic rings. The molecule has 1 aromatic heterocycles. The van der Waals surface area contributed by atoms with Gasteiger partial charge in [-0.05, 0) is 55.4 Å². The number of nitrogens with zero attached hydrogens (tertiary/aromatic N) is 2. The molecule has 1 amide bonds. The van der Waals surface area contributed by atoms with Crippen LogP contribution < -0.4 is 21.9 Å². The van der Waals surface area contributed by atoms with Crippen molar-refractivity contribution in [3.8, 4) is 0 Å². The van der Waals surface area contributed by atoms with Gasteiger partial charge in [-0.3, -0.25) is 23.9 Å². The first kappa shape index (κ1) is 25.6. The minimum absolute atomic E-state index is 0.0708. The molecular formula is C24H32N4O5S. The quantitative estimate of drug-likeness (QED) is 0.367. The van der Waals surface area contributed by atoms with Crippen molar-refractivity contribution in [2.45, 2.75) is 63.8 Å². The van der Waals surface area contributed by atoms with Crippen molar-refractivity contribution in [3.63, 3.8) is 0 Å². The average Bonchev–Trinajstić information content (AvgIpc) is 3.28. The fourth-order valence-corrected chi connectivity index (χ4v) is 4.76. The van der Waals surface area contributed by atoms with E-state index in [1.165, 1.54) is 32.4 Å². The molecule has 0 saturated heterocycles. The number of anilines is 2. The first-order valence-electron chi connectivity index (χ1n) is 11.7. The number of hydrogen-bond donors (Lipinski definition) is 2. The minimum Gasteiger partial charge on any atom is -0.455 e. The van der Waals surface area contributed by atoms with Crippen LogP contribution in [0.15, 0.2) is 32.7 Å². The Kier molecular flexibility index (Phi) is 8.98. The highest BCUT2D eigenvalue weighted by Crippen LogP contribution is 2.27. The molecule has 0 saturated carbocycles. The van der Waals surface area contributed by atoms with Gasteiger partial charge in [0.15, 0.2) is 12.3 Å². The van der Waals surface area contributed by atoms with E-state index in [-0.39, 0.29) is 23.8 Å². The summed E-state index contributed by atoms with van der Waals surface area (Å²) in [5.41, 5.74) is 7.37. The number of nitrogen functional groups attached to an aromatic ring is 1. The predicted molar refractivity (Wildman–Crippen MR) is 133 cm³/mol. The van der Waals surface area contributed by atoms with Crippen molar-refractivity contribution >= 4 is 35.1 Å². The number of nitrogens with one attached hydrogen (secondary N) is 1. The van der Waals surface area contributed by atoms with E-state index in [1.54, 1.807) is 0 Å². The van der Waals surface area contributed by atoms with Gasteiger partial charge in [-0.1, -0.05) is 26.3 Å². The fourth-order valence-electron chi connectivity index (χ4n) is 4.00. The monoisotopic (exact) mass is 488 g/mol. The standard InChI is InChI=1S/C24H32N4O5S/c1-3-5-12-27(21-22(25)28(11-4-2)24(32)26-23(21)31)19(29)14-33-20(30)15-34-18-10-9-16-7-6-8-17(16)13-18/h9-10,13H,3-8,11-12,14-15,25H2,1-2H3,(H,26,31,32). The lowest BCUT2D eigenvalue weighted by Crippen LogP contribution is -2.43. The highest BCUT2D eigenvalue weighted by atomic mass is 32.2. The summed E-state index contributed by atoms with van der Waals surface area (Å²) in [4.78, 5) is 54.4. The van der Waals surface area contributed by atoms with E-state index in [4.69, 9.17) is 10.5 Å². The lowest BCUT2D eigenvalue weighted by Gasteiger charge is -2.24. The maximum atomic E-state index is 13.0. The van der Waals surface area contributed by atoms with Gasteiger partial charge >= 0.3 is 11.7 Å². The molecule has 9 nitrogen and oxygen atoms in total. The van der Waals surface area contributed by atoms with E-state index < -0.39 is 29.7 Å². The number of amides is 1. The van der Waals surface area contributed by atoms with E-state index in [2.05, 4.69) is 17.1 Å². The number of hydrogen-bond acceptors (Lipinski definition) is 7. The first-order valence-corrected chi connectivity index (χ1v) is 12.7. The Morgan fingerprint density at radius 2 is 1.94 bits per heavy atom. The highest BCUT2D eigenvalue weighted by molar-refractivity contribution is 8.00. The van der Waals surface area contributed by atoms with E-state index in [9.17, 15) is 19.2 Å². The van der Waals surface area contributed by atoms with E-state index in [0.29, 0.717) is 19.4 Å². The van der Waals surface area contributed by atoms with Gasteiger partial charge in [0, 0.05) is 18.0 Å². The molecule has 3 rings (SSSR count). The van der Waals surface area contributed by atoms with E-state index >= 15 is 0 Å². The zero-order valence-electron chi connectivity index (χ0n) is 19.7. The number of H-pyrrole nitrogens is 1. The molecule has 2 aromatic rings. The lowest BCUT2D eigenvalue weighted by atomic mass is 10.1. The summed E-state index contributed by atoms with van der Waals surface area (Å²) in [5, 5.41) is 0. The van der Waals surface area contributed by atoms with E-state index in [0.717, 1.165) is 30.6 Å². The number of fused-ring (bicyclic) bond motifs is 1. The van der Waals surface area contributed by atoms with Crippen molar-refractivity contribution in [3.05, 3.63) is 50.2 Å². The Morgan fingerprint density at radius 3 is 2.68 bits per heavy atom. The van der Waals surface area contributed by atoms with Crippen LogP contribution in [0.25, 0.3) is 0 Å². The smallest absolute Gasteiger partial charge is 0.330 e. The normalized spacial score (nSPS) is 12.4. The zero-order valence-corrected chi connectivity index (χ0v) is 20.5. The molecule has 10 heteroatoms. The van der Waals surface area contributed by atoms with Crippen LogP contribution in [0.2, 0.25) is 0 Å². The molecule has 1 heterocycles. The van der Waals surface area contributed by atoms with Crippen molar-refractivity contribution in [1.29, 1.82) is 0 Å². The van der Waals surface area contributed by atoms with Crippen molar-refractivity contribution in [1.82, 2.24) is 9.55 Å². The maximum absolute atomic E-state index is 13.0. The molecule has 0 bridgehead atoms. The predicted octanol–water partition coefficient (Wildman–Crippen LogP) is 2.49. The van der Waals surface area contributed by atoms with Gasteiger partial charge in [0.1, 0.15) is 5.82 Å². The third-order valence-electron chi connectivity index (χ3n) is 5.75. The number of ether oxygens (including phenoxy) is 1. The third-order valence-corrected chi connectivity index (χ3v) is 6.72. The number of carbonyl (C=O) groups excluding carboxylic acids is 2. The molecule has 184 valence electrons. The van der Waals surface area contributed by atoms with Crippen molar-refractivity contribution in [2.75, 3.05) is 29.5 Å². The van der Waals surface area contributed by atoms with Gasteiger partial charge in [0.05, 0.1) is 5.75 Å². The van der Waals surface area contributed by atoms with Crippen molar-refractivity contribution in [2.24, 2.45) is 0 Å². The summed E-state index contributed by atoms with van der Waals surface area (Å²) < 4.78 is 6.45. The molecule has 0 spiro atoms. The van der Waals surface area contributed by atoms with Gasteiger partial charge in [-0.15, -0.1) is 11.8 Å². The molecule has 1 aliphatic carbocycles. The van der Waals surface area contributed by atoms with Crippen LogP contribution in [-0.2, 0) is 33.7 Å². The molecule has 0 fully saturated rings. The molecule has 34 heavy (non-hydrogen) atoms. The Hall–Kier alpha value is -3.01. The van der Waals surface area contributed by atoms with Gasteiger partial charge < -0.3 is 15.4 Å². The number of thioether (sulfide) groups is 1. The van der Waals surface area contributed by atoms with E-state index in [1.807, 2.05) is 19.9 Å². The van der Waals surface area contributed by atoms with Gasteiger partial charge in [-0.2, -0.15) is 0 Å². The zero-order chi connectivity index (χ0) is 24.7. The second-order valence-corrected chi connectivity index (χ2v) is 9.33. The summed E-state index contributed by atoms with van der Waals surface area (Å²) in [6.45, 7) is 3.83. The van der Waals surface area contributed by atoms with Crippen LogP contribution in [0, 0.1) is 0 Å². The summed E-state index contributed by atoms with van der Waals surface area (Å²) in [7, 11) is 0. The average molecular weight is 489 g/mol. The van der Waals surface area contributed by atoms with Crippen LogP contribution in [0.1, 0.15) is 50.7 Å². The number of carbonyl (C=O) groups is 2. The fraction of sp³-hybridized carbons (Fsp3) is 0.500. The number of benzene rings is 1. The number of aromatic amines is 1. The molecule has 0 unspecified atom stereocenters. The van der Waals surface area contributed by atoms with Gasteiger partial charge in [0.25, 0.3) is 11.5 Å². The molecular weight excluding hydrogens is 456 g/mol. The summed E-state index contributed by atoms with van der Waals surface area (Å²) in [6, 6.07) is 6.21. The van der Waals surface area contributed by atoms with Crippen LogP contribution in [0.5, 0.6) is 0 Å². The number of nitrogens with two attached hydrogens (primary N) is 1. The second kappa shape index (κ2) is 11.9. The molecule has 0 atom stereocenters. The molecule has 0 aliphatic heterocycles. The van der Waals surface area contributed by atoms with Crippen LogP contribution in [0.4, 0.5) is 11.5 Å². The summed E-state index contributed by atoms with van der Waals surface area (Å²) in [6.07, 6.45) is 5.32. The van der Waals surface area contributed by atoms with Gasteiger partial charge in [0.2, 0.25) is 0 Å². The topological polar surface area (TPSA) is 127 Å². The number of rotatable bonds is 11. The van der Waals surface area contributed by atoms with Crippen LogP contribution in [0.3, 0.4) is 0 Å². The molecule has 0 radical (unpaired) electrons. The van der Waals surface area contributed by atoms with Crippen LogP contribution >= 0.6 is 11.8 Å². The highest BCUT2D eigenvalue weighted by Gasteiger charge is 2.25. The Labute approximate surface area is 202 Å². The number of aromatic nitrogens is 2. The first-order chi connectivity index (χ1) is 16.3. The summed E-state index contributed by atoms with van der Waals surface area (Å²) >= 11 is 1.37. The molecule has 3 N–H and O–H groups in total. The number of unbranched alkanes of at least 4 members (excludes halogenated alkanes) is 1. The van der Waals surface area contributed by atoms with Crippen LogP contribution in [-0.4, -0.2) is 40.3 Å². The number of esters is 1. The second-order valence-electron chi connectivity index (χ2n) is 8.28. The minimum atomic E-state index is -0.738. The van der Waals surface area contributed by atoms with Crippen molar-refractivity contribution < 1.29 is 14.3 Å². The Morgan fingerprint density at radius 1 is 1.18 bits per heavy atom. The number of aryl methyl sites for hydroxylation is 2. The molecule has 1 aromatic carbocycles. The third kappa shape index (κ3) is 6.11. The Bertz CT molecular complexity index is 1160. The SMILES string of the molecule is CCCCN(C(=O)COC(=O)CSc1ccc2c(c1)CCC2)c1c(N)n(CCC)c(=O)[nH]c1=O.